The molecule has 6 heteroatoms. The molecule has 1 unspecified atom stereocenters. The number of Topliss-reactive ketones (excluding diaryl/α,β-unsaturated/α-hetero) is 1. The Morgan fingerprint density at radius 3 is 2.29 bits per heavy atom. The van der Waals surface area contributed by atoms with Crippen molar-refractivity contribution < 1.29 is 14.3 Å². The number of carbonyl (C=O) groups excluding carboxylic acids is 1. The smallest absolute Gasteiger partial charge is 0.162 e. The largest absolute Gasteiger partial charge is 0.497 e. The number of carbonyl (C=O) groups is 1. The van der Waals surface area contributed by atoms with E-state index in [-0.39, 0.29) is 11.2 Å². The quantitative estimate of drug-likeness (QED) is 0.323. The summed E-state index contributed by atoms with van der Waals surface area (Å²) in [5, 5.41) is 10.5. The Morgan fingerprint density at radius 1 is 1.00 bits per heavy atom. The fourth-order valence-electron chi connectivity index (χ4n) is 6.21. The minimum absolute atomic E-state index is 0.0673. The second kappa shape index (κ2) is 11.4. The molecule has 42 heavy (non-hydrogen) atoms. The SMILES string of the molecule is CCc1ccc(N2C(N)=C(C#N)C(c3cc(COc4ccc(OC)cc4)c(C)cc3C)C3=C2CC(C)(C)CC3=O)cc1. The van der Waals surface area contributed by atoms with E-state index in [0.29, 0.717) is 36.4 Å². The number of hydrogen-bond donors (Lipinski definition) is 1. The second-order valence-electron chi connectivity index (χ2n) is 12.1. The second-order valence-corrected chi connectivity index (χ2v) is 12.1. The minimum Gasteiger partial charge on any atom is -0.497 e. The highest BCUT2D eigenvalue weighted by atomic mass is 16.5. The maximum absolute atomic E-state index is 14.0. The van der Waals surface area contributed by atoms with Gasteiger partial charge in [-0.3, -0.25) is 9.69 Å². The standard InChI is InChI=1S/C36H39N3O3/c1-7-24-8-10-26(11-9-24)39-31-18-36(4,5)19-32(40)34(31)33(30(20-37)35(39)38)29-17-25(22(2)16-23(29)3)21-42-28-14-12-27(41-6)13-15-28/h8-17,33H,7,18-19,21,38H2,1-6H3. The molecule has 2 N–H and O–H groups in total. The molecule has 1 aliphatic heterocycles. The van der Waals surface area contributed by atoms with Gasteiger partial charge in [0.1, 0.15) is 23.9 Å². The van der Waals surface area contributed by atoms with Gasteiger partial charge in [-0.25, -0.2) is 0 Å². The van der Waals surface area contributed by atoms with Crippen LogP contribution < -0.4 is 20.1 Å². The number of hydrogen-bond acceptors (Lipinski definition) is 6. The van der Waals surface area contributed by atoms with E-state index >= 15 is 0 Å². The summed E-state index contributed by atoms with van der Waals surface area (Å²) in [5.74, 6) is 1.41. The molecule has 3 aromatic carbocycles. The third-order valence-electron chi connectivity index (χ3n) is 8.47. The summed E-state index contributed by atoms with van der Waals surface area (Å²) < 4.78 is 11.4. The molecular formula is C36H39N3O3. The zero-order valence-electron chi connectivity index (χ0n) is 25.4. The lowest BCUT2D eigenvalue weighted by Crippen LogP contribution is -2.42. The van der Waals surface area contributed by atoms with Crippen molar-refractivity contribution in [3.63, 3.8) is 0 Å². The van der Waals surface area contributed by atoms with Crippen LogP contribution in [0.25, 0.3) is 0 Å². The molecule has 216 valence electrons. The zero-order chi connectivity index (χ0) is 30.2. The van der Waals surface area contributed by atoms with Crippen LogP contribution >= 0.6 is 0 Å². The number of methoxy groups -OCH3 is 1. The van der Waals surface area contributed by atoms with Gasteiger partial charge in [-0.1, -0.05) is 45.0 Å². The van der Waals surface area contributed by atoms with Crippen LogP contribution in [0.3, 0.4) is 0 Å². The Labute approximate surface area is 249 Å². The van der Waals surface area contributed by atoms with Gasteiger partial charge in [0.05, 0.1) is 24.7 Å². The van der Waals surface area contributed by atoms with E-state index in [4.69, 9.17) is 15.2 Å². The zero-order valence-corrected chi connectivity index (χ0v) is 25.4. The molecule has 2 aliphatic rings. The number of allylic oxidation sites excluding steroid dienone is 3. The minimum atomic E-state index is -0.542. The van der Waals surface area contributed by atoms with E-state index in [1.165, 1.54) is 5.56 Å². The Morgan fingerprint density at radius 2 is 1.67 bits per heavy atom. The molecule has 0 radical (unpaired) electrons. The van der Waals surface area contributed by atoms with E-state index in [1.54, 1.807) is 7.11 Å². The summed E-state index contributed by atoms with van der Waals surface area (Å²) in [6, 6.07) is 22.3. The summed E-state index contributed by atoms with van der Waals surface area (Å²) in [6.45, 7) is 10.8. The van der Waals surface area contributed by atoms with Gasteiger partial charge in [-0.2, -0.15) is 5.26 Å². The summed E-state index contributed by atoms with van der Waals surface area (Å²) >= 11 is 0. The summed E-state index contributed by atoms with van der Waals surface area (Å²) in [4.78, 5) is 16.0. The van der Waals surface area contributed by atoms with Gasteiger partial charge in [0.2, 0.25) is 0 Å². The van der Waals surface area contributed by atoms with Gasteiger partial charge in [-0.15, -0.1) is 0 Å². The highest BCUT2D eigenvalue weighted by Gasteiger charge is 2.45. The van der Waals surface area contributed by atoms with Crippen molar-refractivity contribution in [3.05, 3.63) is 111 Å². The first-order chi connectivity index (χ1) is 20.1. The molecule has 0 fully saturated rings. The number of ether oxygens (including phenoxy) is 2. The van der Waals surface area contributed by atoms with Crippen LogP contribution in [0.2, 0.25) is 0 Å². The van der Waals surface area contributed by atoms with Crippen molar-refractivity contribution in [2.45, 2.75) is 66.4 Å². The van der Waals surface area contributed by atoms with Crippen molar-refractivity contribution in [1.29, 1.82) is 5.26 Å². The van der Waals surface area contributed by atoms with Crippen LogP contribution in [-0.2, 0) is 17.8 Å². The van der Waals surface area contributed by atoms with Gasteiger partial charge >= 0.3 is 0 Å². The van der Waals surface area contributed by atoms with Gasteiger partial charge in [0.25, 0.3) is 0 Å². The van der Waals surface area contributed by atoms with Gasteiger partial charge in [0.15, 0.2) is 5.78 Å². The number of aryl methyl sites for hydroxylation is 3. The van der Waals surface area contributed by atoms with E-state index in [9.17, 15) is 10.1 Å². The van der Waals surface area contributed by atoms with Crippen LogP contribution in [-0.4, -0.2) is 12.9 Å². The molecule has 0 aromatic heterocycles. The number of ketones is 1. The fraction of sp³-hybridized carbons (Fsp3) is 0.333. The topological polar surface area (TPSA) is 88.6 Å². The maximum atomic E-state index is 14.0. The normalized spacial score (nSPS) is 18.1. The van der Waals surface area contributed by atoms with Crippen molar-refractivity contribution in [3.8, 4) is 17.6 Å². The van der Waals surface area contributed by atoms with Crippen LogP contribution in [0.1, 0.15) is 67.3 Å². The molecule has 0 amide bonds. The van der Waals surface area contributed by atoms with E-state index in [0.717, 1.165) is 51.6 Å². The molecule has 1 atom stereocenters. The Balaban J connectivity index is 1.62. The first kappa shape index (κ1) is 29.0. The molecular weight excluding hydrogens is 522 g/mol. The summed E-state index contributed by atoms with van der Waals surface area (Å²) in [6.07, 6.45) is 2.02. The van der Waals surface area contributed by atoms with Gasteiger partial charge in [0, 0.05) is 23.4 Å². The predicted octanol–water partition coefficient (Wildman–Crippen LogP) is 7.39. The Hall–Kier alpha value is -4.50. The predicted molar refractivity (Wildman–Crippen MR) is 166 cm³/mol. The Bertz CT molecular complexity index is 1620. The van der Waals surface area contributed by atoms with Gasteiger partial charge in [-0.05, 0) is 96.3 Å². The van der Waals surface area contributed by atoms with Crippen LogP contribution in [0.5, 0.6) is 11.5 Å². The molecule has 6 nitrogen and oxygen atoms in total. The van der Waals surface area contributed by atoms with Crippen LogP contribution in [0, 0.1) is 30.6 Å². The average Bonchev–Trinajstić information content (AvgIpc) is 2.96. The highest BCUT2D eigenvalue weighted by Crippen LogP contribution is 2.51. The average molecular weight is 562 g/mol. The summed E-state index contributed by atoms with van der Waals surface area (Å²) in [7, 11) is 1.63. The van der Waals surface area contributed by atoms with Gasteiger partial charge < -0.3 is 15.2 Å². The van der Waals surface area contributed by atoms with Crippen molar-refractivity contribution in [2.75, 3.05) is 12.0 Å². The van der Waals surface area contributed by atoms with Crippen molar-refractivity contribution >= 4 is 11.5 Å². The van der Waals surface area contributed by atoms with E-state index in [1.807, 2.05) is 48.2 Å². The molecule has 0 spiro atoms. The Kier molecular flexibility index (Phi) is 7.88. The highest BCUT2D eigenvalue weighted by molar-refractivity contribution is 6.01. The lowest BCUT2D eigenvalue weighted by Gasteiger charge is -2.44. The summed E-state index contributed by atoms with van der Waals surface area (Å²) in [5.41, 5.74) is 14.7. The lowest BCUT2D eigenvalue weighted by molar-refractivity contribution is -0.118. The maximum Gasteiger partial charge on any atom is 0.162 e. The monoisotopic (exact) mass is 561 g/mol. The fourth-order valence-corrected chi connectivity index (χ4v) is 6.21. The molecule has 5 rings (SSSR count). The van der Waals surface area contributed by atoms with E-state index < -0.39 is 5.92 Å². The van der Waals surface area contributed by atoms with Crippen LogP contribution in [0.4, 0.5) is 5.69 Å². The molecule has 0 saturated heterocycles. The molecule has 0 saturated carbocycles. The molecule has 3 aromatic rings. The lowest BCUT2D eigenvalue weighted by atomic mass is 9.68. The molecule has 1 heterocycles. The number of anilines is 1. The number of nitrogens with zero attached hydrogens (tertiary/aromatic N) is 2. The third kappa shape index (κ3) is 5.39. The number of nitrogens with two attached hydrogens (primary N) is 1. The number of rotatable bonds is 7. The molecule has 0 bridgehead atoms. The number of nitriles is 1. The van der Waals surface area contributed by atoms with Crippen molar-refractivity contribution in [2.24, 2.45) is 11.1 Å². The number of benzene rings is 3. The third-order valence-corrected chi connectivity index (χ3v) is 8.47. The first-order valence-electron chi connectivity index (χ1n) is 14.5. The molecule has 1 aliphatic carbocycles. The van der Waals surface area contributed by atoms with Crippen molar-refractivity contribution in [1.82, 2.24) is 0 Å². The van der Waals surface area contributed by atoms with E-state index in [2.05, 4.69) is 58.0 Å². The van der Waals surface area contributed by atoms with Crippen LogP contribution in [0.15, 0.2) is 83.3 Å². The first-order valence-corrected chi connectivity index (χ1v) is 14.5.